The first-order chi connectivity index (χ1) is 12.5. The molecule has 2 aromatic carbocycles. The van der Waals surface area contributed by atoms with Crippen molar-refractivity contribution < 1.29 is 4.74 Å². The van der Waals surface area contributed by atoms with Gasteiger partial charge < -0.3 is 10.1 Å². The van der Waals surface area contributed by atoms with E-state index in [-0.39, 0.29) is 6.04 Å². The number of nitrogens with zero attached hydrogens (tertiary/aromatic N) is 2. The van der Waals surface area contributed by atoms with E-state index >= 15 is 0 Å². The van der Waals surface area contributed by atoms with Crippen LogP contribution in [0.2, 0.25) is 10.0 Å². The largest absolute Gasteiger partial charge is 0.436 e. The molecule has 0 aliphatic carbocycles. The van der Waals surface area contributed by atoms with Gasteiger partial charge in [-0.05, 0) is 55.3 Å². The molecule has 0 saturated carbocycles. The van der Waals surface area contributed by atoms with Gasteiger partial charge in [-0.15, -0.1) is 5.10 Å². The van der Waals surface area contributed by atoms with Crippen LogP contribution in [0.15, 0.2) is 54.6 Å². The van der Waals surface area contributed by atoms with Gasteiger partial charge in [-0.3, -0.25) is 0 Å². The van der Waals surface area contributed by atoms with Crippen LogP contribution in [-0.2, 0) is 6.54 Å². The lowest BCUT2D eigenvalue weighted by Crippen LogP contribution is -2.18. The van der Waals surface area contributed by atoms with Gasteiger partial charge in [0, 0.05) is 23.7 Å². The smallest absolute Gasteiger partial charge is 0.238 e. The van der Waals surface area contributed by atoms with Crippen molar-refractivity contribution in [3.63, 3.8) is 0 Å². The van der Waals surface area contributed by atoms with Gasteiger partial charge in [-0.25, -0.2) is 0 Å². The third-order valence-corrected chi connectivity index (χ3v) is 4.49. The number of aromatic nitrogens is 2. The summed E-state index contributed by atoms with van der Waals surface area (Å²) < 4.78 is 5.76. The Morgan fingerprint density at radius 1 is 1.04 bits per heavy atom. The van der Waals surface area contributed by atoms with E-state index in [2.05, 4.69) is 28.5 Å². The van der Waals surface area contributed by atoms with Crippen LogP contribution < -0.4 is 10.1 Å². The van der Waals surface area contributed by atoms with Crippen LogP contribution in [0.1, 0.15) is 29.8 Å². The maximum Gasteiger partial charge on any atom is 0.238 e. The molecule has 0 aliphatic heterocycles. The highest BCUT2D eigenvalue weighted by molar-refractivity contribution is 6.32. The average molecular weight is 388 g/mol. The SMILES string of the molecule is Cc1ccc(Oc2cc(CN[C@H](C)c3cccc(Cl)c3)ccc2Cl)nn1. The second-order valence-electron chi connectivity index (χ2n) is 6.04. The third-order valence-electron chi connectivity index (χ3n) is 3.94. The highest BCUT2D eigenvalue weighted by atomic mass is 35.5. The molecule has 1 N–H and O–H groups in total. The van der Waals surface area contributed by atoms with Crippen LogP contribution in [0.25, 0.3) is 0 Å². The highest BCUT2D eigenvalue weighted by Crippen LogP contribution is 2.29. The topological polar surface area (TPSA) is 47.0 Å². The van der Waals surface area contributed by atoms with E-state index in [0.717, 1.165) is 21.8 Å². The number of benzene rings is 2. The van der Waals surface area contributed by atoms with Crippen molar-refractivity contribution in [2.24, 2.45) is 0 Å². The number of aryl methyl sites for hydroxylation is 1. The zero-order valence-corrected chi connectivity index (χ0v) is 16.1. The summed E-state index contributed by atoms with van der Waals surface area (Å²) >= 11 is 12.3. The molecule has 0 aliphatic rings. The average Bonchev–Trinajstić information content (AvgIpc) is 2.64. The summed E-state index contributed by atoms with van der Waals surface area (Å²) in [6, 6.07) is 17.3. The van der Waals surface area contributed by atoms with Crippen molar-refractivity contribution in [1.82, 2.24) is 15.5 Å². The minimum absolute atomic E-state index is 0.164. The second-order valence-corrected chi connectivity index (χ2v) is 6.88. The molecular weight excluding hydrogens is 369 g/mol. The first-order valence-electron chi connectivity index (χ1n) is 8.27. The first kappa shape index (κ1) is 18.6. The van der Waals surface area contributed by atoms with Gasteiger partial charge >= 0.3 is 0 Å². The Labute approximate surface area is 163 Å². The van der Waals surface area contributed by atoms with Crippen molar-refractivity contribution in [3.05, 3.63) is 81.5 Å². The summed E-state index contributed by atoms with van der Waals surface area (Å²) in [5.41, 5.74) is 3.02. The van der Waals surface area contributed by atoms with Crippen molar-refractivity contribution in [1.29, 1.82) is 0 Å². The van der Waals surface area contributed by atoms with Gasteiger partial charge in [0.25, 0.3) is 0 Å². The number of hydrogen-bond donors (Lipinski definition) is 1. The van der Waals surface area contributed by atoms with E-state index in [0.29, 0.717) is 23.2 Å². The van der Waals surface area contributed by atoms with Crippen LogP contribution >= 0.6 is 23.2 Å². The van der Waals surface area contributed by atoms with Gasteiger partial charge in [0.15, 0.2) is 0 Å². The molecule has 134 valence electrons. The molecule has 26 heavy (non-hydrogen) atoms. The molecule has 0 saturated heterocycles. The summed E-state index contributed by atoms with van der Waals surface area (Å²) in [7, 11) is 0. The van der Waals surface area contributed by atoms with Crippen molar-refractivity contribution in [2.45, 2.75) is 26.4 Å². The van der Waals surface area contributed by atoms with E-state index in [1.54, 1.807) is 6.07 Å². The van der Waals surface area contributed by atoms with Crippen molar-refractivity contribution in [3.8, 4) is 11.6 Å². The number of hydrogen-bond acceptors (Lipinski definition) is 4. The van der Waals surface area contributed by atoms with Crippen LogP contribution in [0.5, 0.6) is 11.6 Å². The predicted octanol–water partition coefficient (Wildman–Crippen LogP) is 5.73. The summed E-state index contributed by atoms with van der Waals surface area (Å²) in [5.74, 6) is 0.967. The molecule has 0 fully saturated rings. The van der Waals surface area contributed by atoms with Crippen LogP contribution in [0, 0.1) is 6.92 Å². The van der Waals surface area contributed by atoms with Crippen LogP contribution in [0.3, 0.4) is 0 Å². The fraction of sp³-hybridized carbons (Fsp3) is 0.200. The number of halogens is 2. The van der Waals surface area contributed by atoms with Gasteiger partial charge in [-0.1, -0.05) is 41.4 Å². The summed E-state index contributed by atoms with van der Waals surface area (Å²) in [5, 5.41) is 12.7. The maximum absolute atomic E-state index is 6.25. The van der Waals surface area contributed by atoms with Gasteiger partial charge in [-0.2, -0.15) is 5.10 Å². The zero-order chi connectivity index (χ0) is 18.5. The first-order valence-corrected chi connectivity index (χ1v) is 9.02. The molecule has 0 bridgehead atoms. The summed E-state index contributed by atoms with van der Waals surface area (Å²) in [6.07, 6.45) is 0. The molecule has 6 heteroatoms. The Morgan fingerprint density at radius 3 is 2.62 bits per heavy atom. The Balaban J connectivity index is 1.68. The Morgan fingerprint density at radius 2 is 1.88 bits per heavy atom. The molecule has 3 rings (SSSR count). The summed E-state index contributed by atoms with van der Waals surface area (Å²) in [6.45, 7) is 4.64. The Kier molecular flexibility index (Phi) is 6.09. The molecule has 3 aromatic rings. The quantitative estimate of drug-likeness (QED) is 0.585. The van der Waals surface area contributed by atoms with E-state index in [9.17, 15) is 0 Å². The molecule has 0 radical (unpaired) electrons. The molecule has 0 spiro atoms. The Hall–Kier alpha value is -2.14. The lowest BCUT2D eigenvalue weighted by atomic mass is 10.1. The monoisotopic (exact) mass is 387 g/mol. The fourth-order valence-corrected chi connectivity index (χ4v) is 2.81. The fourth-order valence-electron chi connectivity index (χ4n) is 2.45. The standard InChI is InChI=1S/C20H19Cl2N3O/c1-13-6-9-20(25-24-13)26-19-10-15(7-8-18(19)22)12-23-14(2)16-4-3-5-17(21)11-16/h3-11,14,23H,12H2,1-2H3/t14-/m1/s1. The molecular formula is C20H19Cl2N3O. The molecule has 1 heterocycles. The van der Waals surface area contributed by atoms with E-state index in [1.807, 2.05) is 49.4 Å². The predicted molar refractivity (Wildman–Crippen MR) is 105 cm³/mol. The van der Waals surface area contributed by atoms with E-state index in [4.69, 9.17) is 27.9 Å². The van der Waals surface area contributed by atoms with Crippen molar-refractivity contribution >= 4 is 23.2 Å². The molecule has 1 atom stereocenters. The normalized spacial score (nSPS) is 12.0. The highest BCUT2D eigenvalue weighted by Gasteiger charge is 2.09. The lowest BCUT2D eigenvalue weighted by molar-refractivity contribution is 0.453. The number of nitrogens with one attached hydrogen (secondary N) is 1. The zero-order valence-electron chi connectivity index (χ0n) is 14.5. The second kappa shape index (κ2) is 8.49. The number of ether oxygens (including phenoxy) is 1. The molecule has 1 aromatic heterocycles. The van der Waals surface area contributed by atoms with Crippen molar-refractivity contribution in [2.75, 3.05) is 0 Å². The molecule has 0 unspecified atom stereocenters. The van der Waals surface area contributed by atoms with E-state index < -0.39 is 0 Å². The van der Waals surface area contributed by atoms with Crippen LogP contribution in [-0.4, -0.2) is 10.2 Å². The van der Waals surface area contributed by atoms with Gasteiger partial charge in [0.05, 0.1) is 10.7 Å². The number of rotatable bonds is 6. The van der Waals surface area contributed by atoms with Crippen LogP contribution in [0.4, 0.5) is 0 Å². The summed E-state index contributed by atoms with van der Waals surface area (Å²) in [4.78, 5) is 0. The molecule has 0 amide bonds. The van der Waals surface area contributed by atoms with E-state index in [1.165, 1.54) is 0 Å². The Bertz CT molecular complexity index is 884. The van der Waals surface area contributed by atoms with Gasteiger partial charge in [0.1, 0.15) is 5.75 Å². The maximum atomic E-state index is 6.25. The minimum Gasteiger partial charge on any atom is -0.436 e. The molecule has 4 nitrogen and oxygen atoms in total. The lowest BCUT2D eigenvalue weighted by Gasteiger charge is -2.15. The third kappa shape index (κ3) is 4.94. The van der Waals surface area contributed by atoms with Gasteiger partial charge in [0.2, 0.25) is 5.88 Å². The minimum atomic E-state index is 0.164.